The molecule has 2 heteroatoms. The number of aryl methyl sites for hydroxylation is 1. The van der Waals surface area contributed by atoms with E-state index >= 15 is 0 Å². The van der Waals surface area contributed by atoms with Crippen LogP contribution in [0.2, 0.25) is 0 Å². The smallest absolute Gasteiger partial charge is 0.0708 e. The number of pyridine rings is 1. The predicted molar refractivity (Wildman–Crippen MR) is 87.0 cm³/mol. The fraction of sp³-hybridized carbons (Fsp3) is 0.526. The number of hydrogen-bond donors (Lipinski definition) is 1. The minimum atomic E-state index is 0.0951. The first-order valence-electron chi connectivity index (χ1n) is 8.32. The van der Waals surface area contributed by atoms with E-state index < -0.39 is 0 Å². The standard InChI is InChI=1S/C19H24N2/c1-12-8-19(21-18-5-3-2-4-16(12)18)17(20)11-15-10-13-6-7-14(15)9-13/h2-5,8,13-15,17H,6-7,9-11,20H2,1H3. The molecule has 2 fully saturated rings. The summed E-state index contributed by atoms with van der Waals surface area (Å²) < 4.78 is 0. The van der Waals surface area contributed by atoms with Gasteiger partial charge < -0.3 is 5.73 Å². The summed E-state index contributed by atoms with van der Waals surface area (Å²) in [4.78, 5) is 4.82. The Morgan fingerprint density at radius 3 is 2.86 bits per heavy atom. The van der Waals surface area contributed by atoms with E-state index in [2.05, 4.69) is 37.3 Å². The van der Waals surface area contributed by atoms with E-state index in [4.69, 9.17) is 10.7 Å². The van der Waals surface area contributed by atoms with E-state index in [9.17, 15) is 0 Å². The SMILES string of the molecule is Cc1cc(C(N)CC2CC3CCC2C3)nc2ccccc12. The molecule has 2 aliphatic carbocycles. The molecule has 0 saturated heterocycles. The van der Waals surface area contributed by atoms with Gasteiger partial charge in [0.2, 0.25) is 0 Å². The highest BCUT2D eigenvalue weighted by Crippen LogP contribution is 2.50. The summed E-state index contributed by atoms with van der Waals surface area (Å²) in [6.45, 7) is 2.16. The fourth-order valence-electron chi connectivity index (χ4n) is 4.68. The molecule has 0 aliphatic heterocycles. The lowest BCUT2D eigenvalue weighted by molar-refractivity contribution is 0.295. The van der Waals surface area contributed by atoms with Gasteiger partial charge in [-0.1, -0.05) is 24.6 Å². The minimum Gasteiger partial charge on any atom is -0.323 e. The van der Waals surface area contributed by atoms with Crippen LogP contribution in [0.4, 0.5) is 0 Å². The molecule has 2 aromatic rings. The normalized spacial score (nSPS) is 29.1. The molecular weight excluding hydrogens is 256 g/mol. The number of para-hydroxylation sites is 1. The zero-order valence-electron chi connectivity index (χ0n) is 12.8. The molecule has 2 N–H and O–H groups in total. The first-order valence-corrected chi connectivity index (χ1v) is 8.32. The van der Waals surface area contributed by atoms with Crippen LogP contribution in [-0.4, -0.2) is 4.98 Å². The lowest BCUT2D eigenvalue weighted by Crippen LogP contribution is -2.20. The van der Waals surface area contributed by atoms with Crippen molar-refractivity contribution in [2.45, 2.75) is 45.1 Å². The van der Waals surface area contributed by atoms with Crippen molar-refractivity contribution in [2.24, 2.45) is 23.5 Å². The number of nitrogens with two attached hydrogens (primary N) is 1. The van der Waals surface area contributed by atoms with Gasteiger partial charge in [-0.3, -0.25) is 4.98 Å². The zero-order chi connectivity index (χ0) is 14.4. The molecule has 0 amide bonds. The summed E-state index contributed by atoms with van der Waals surface area (Å²) in [5, 5.41) is 1.24. The number of rotatable bonds is 3. The first kappa shape index (κ1) is 13.3. The number of nitrogens with zero attached hydrogens (tertiary/aromatic N) is 1. The minimum absolute atomic E-state index is 0.0951. The van der Waals surface area contributed by atoms with Crippen molar-refractivity contribution in [3.05, 3.63) is 41.6 Å². The third-order valence-electron chi connectivity index (χ3n) is 5.76. The van der Waals surface area contributed by atoms with Gasteiger partial charge in [0, 0.05) is 11.4 Å². The van der Waals surface area contributed by atoms with Crippen molar-refractivity contribution >= 4 is 10.9 Å². The summed E-state index contributed by atoms with van der Waals surface area (Å²) in [5.74, 6) is 2.79. The van der Waals surface area contributed by atoms with Crippen molar-refractivity contribution in [1.29, 1.82) is 0 Å². The van der Waals surface area contributed by atoms with Crippen molar-refractivity contribution in [1.82, 2.24) is 4.98 Å². The topological polar surface area (TPSA) is 38.9 Å². The molecule has 1 aromatic heterocycles. The number of fused-ring (bicyclic) bond motifs is 3. The predicted octanol–water partition coefficient (Wildman–Crippen LogP) is 4.37. The average Bonchev–Trinajstić information content (AvgIpc) is 3.10. The summed E-state index contributed by atoms with van der Waals surface area (Å²) in [5.41, 5.74) is 9.95. The Balaban J connectivity index is 1.58. The van der Waals surface area contributed by atoms with Crippen LogP contribution in [-0.2, 0) is 0 Å². The van der Waals surface area contributed by atoms with Crippen LogP contribution >= 0.6 is 0 Å². The molecule has 0 radical (unpaired) electrons. The maximum atomic E-state index is 6.50. The highest BCUT2D eigenvalue weighted by Gasteiger charge is 2.39. The van der Waals surface area contributed by atoms with Crippen LogP contribution in [0.5, 0.6) is 0 Å². The van der Waals surface area contributed by atoms with E-state index in [1.165, 1.54) is 36.6 Å². The molecule has 2 aliphatic rings. The van der Waals surface area contributed by atoms with Crippen molar-refractivity contribution in [3.63, 3.8) is 0 Å². The van der Waals surface area contributed by atoms with Crippen molar-refractivity contribution in [2.75, 3.05) is 0 Å². The molecule has 1 aromatic carbocycles. The summed E-state index contributed by atoms with van der Waals surface area (Å²) >= 11 is 0. The number of hydrogen-bond acceptors (Lipinski definition) is 2. The average molecular weight is 280 g/mol. The van der Waals surface area contributed by atoms with Gasteiger partial charge in [0.25, 0.3) is 0 Å². The zero-order valence-corrected chi connectivity index (χ0v) is 12.8. The molecule has 1 heterocycles. The Kier molecular flexibility index (Phi) is 3.22. The van der Waals surface area contributed by atoms with E-state index in [-0.39, 0.29) is 6.04 Å². The van der Waals surface area contributed by atoms with Gasteiger partial charge >= 0.3 is 0 Å². The van der Waals surface area contributed by atoms with Gasteiger partial charge in [-0.2, -0.15) is 0 Å². The quantitative estimate of drug-likeness (QED) is 0.906. The maximum absolute atomic E-state index is 6.50. The molecule has 21 heavy (non-hydrogen) atoms. The molecule has 2 saturated carbocycles. The van der Waals surface area contributed by atoms with Crippen LogP contribution in [0.3, 0.4) is 0 Å². The Morgan fingerprint density at radius 1 is 1.24 bits per heavy atom. The second kappa shape index (κ2) is 5.10. The molecule has 4 atom stereocenters. The van der Waals surface area contributed by atoms with E-state index in [0.717, 1.165) is 35.4 Å². The summed E-state index contributed by atoms with van der Waals surface area (Å²) in [7, 11) is 0. The summed E-state index contributed by atoms with van der Waals surface area (Å²) in [6, 6.07) is 10.7. The maximum Gasteiger partial charge on any atom is 0.0708 e. The summed E-state index contributed by atoms with van der Waals surface area (Å²) in [6.07, 6.45) is 6.88. The molecule has 0 spiro atoms. The molecule has 2 bridgehead atoms. The fourth-order valence-corrected chi connectivity index (χ4v) is 4.68. The van der Waals surface area contributed by atoms with Gasteiger partial charge in [0.1, 0.15) is 0 Å². The molecule has 4 unspecified atom stereocenters. The monoisotopic (exact) mass is 280 g/mol. The Morgan fingerprint density at radius 2 is 2.10 bits per heavy atom. The van der Waals surface area contributed by atoms with Crippen LogP contribution in [0.1, 0.15) is 49.4 Å². The second-order valence-corrected chi connectivity index (χ2v) is 7.16. The molecule has 110 valence electrons. The lowest BCUT2D eigenvalue weighted by atomic mass is 9.83. The van der Waals surface area contributed by atoms with Crippen molar-refractivity contribution < 1.29 is 0 Å². The van der Waals surface area contributed by atoms with Gasteiger partial charge in [0.15, 0.2) is 0 Å². The largest absolute Gasteiger partial charge is 0.323 e. The molecule has 4 rings (SSSR count). The van der Waals surface area contributed by atoms with Crippen molar-refractivity contribution in [3.8, 4) is 0 Å². The second-order valence-electron chi connectivity index (χ2n) is 7.16. The van der Waals surface area contributed by atoms with E-state index in [0.29, 0.717) is 0 Å². The highest BCUT2D eigenvalue weighted by molar-refractivity contribution is 5.82. The van der Waals surface area contributed by atoms with E-state index in [1.807, 2.05) is 0 Å². The Bertz CT molecular complexity index is 664. The van der Waals surface area contributed by atoms with Crippen LogP contribution < -0.4 is 5.73 Å². The number of benzene rings is 1. The van der Waals surface area contributed by atoms with Gasteiger partial charge in [-0.25, -0.2) is 0 Å². The third-order valence-corrected chi connectivity index (χ3v) is 5.76. The first-order chi connectivity index (χ1) is 10.2. The Labute approximate surface area is 126 Å². The van der Waals surface area contributed by atoms with Crippen LogP contribution in [0.25, 0.3) is 10.9 Å². The Hall–Kier alpha value is -1.41. The number of aromatic nitrogens is 1. The highest BCUT2D eigenvalue weighted by atomic mass is 14.8. The van der Waals surface area contributed by atoms with Gasteiger partial charge in [-0.15, -0.1) is 0 Å². The third kappa shape index (κ3) is 2.36. The van der Waals surface area contributed by atoms with Crippen LogP contribution in [0, 0.1) is 24.7 Å². The van der Waals surface area contributed by atoms with Gasteiger partial charge in [0.05, 0.1) is 11.2 Å². The van der Waals surface area contributed by atoms with Gasteiger partial charge in [-0.05, 0) is 68.1 Å². The lowest BCUT2D eigenvalue weighted by Gasteiger charge is -2.24. The molecule has 2 nitrogen and oxygen atoms in total. The van der Waals surface area contributed by atoms with E-state index in [1.54, 1.807) is 0 Å². The van der Waals surface area contributed by atoms with Crippen LogP contribution in [0.15, 0.2) is 30.3 Å². The molecular formula is C19H24N2.